The summed E-state index contributed by atoms with van der Waals surface area (Å²) in [5.41, 5.74) is 3.23. The van der Waals surface area contributed by atoms with Crippen molar-refractivity contribution in [2.24, 2.45) is 0 Å². The molecule has 5 heteroatoms. The standard InChI is InChI=1S/C19H21NO4/c1-22-17-10-15-8-9-20(12-16(15)11-18(17)23-2)19(21)24-13-14-6-4-3-5-7-14/h3-7,10-11H,8-9,12-13H2,1-2H3. The van der Waals surface area contributed by atoms with Gasteiger partial charge in [-0.2, -0.15) is 0 Å². The van der Waals surface area contributed by atoms with Crippen LogP contribution >= 0.6 is 0 Å². The minimum absolute atomic E-state index is 0.287. The van der Waals surface area contributed by atoms with E-state index >= 15 is 0 Å². The predicted molar refractivity (Wildman–Crippen MR) is 90.3 cm³/mol. The van der Waals surface area contributed by atoms with Crippen molar-refractivity contribution in [2.75, 3.05) is 20.8 Å². The van der Waals surface area contributed by atoms with Crippen molar-refractivity contribution in [1.82, 2.24) is 4.90 Å². The largest absolute Gasteiger partial charge is 0.493 e. The molecule has 0 N–H and O–H groups in total. The first kappa shape index (κ1) is 16.2. The van der Waals surface area contributed by atoms with Crippen molar-refractivity contribution in [1.29, 1.82) is 0 Å². The summed E-state index contributed by atoms with van der Waals surface area (Å²) in [5, 5.41) is 0. The van der Waals surface area contributed by atoms with E-state index in [4.69, 9.17) is 14.2 Å². The Morgan fingerprint density at radius 3 is 2.38 bits per heavy atom. The van der Waals surface area contributed by atoms with Gasteiger partial charge in [-0.05, 0) is 35.2 Å². The number of carbonyl (C=O) groups is 1. The van der Waals surface area contributed by atoms with Gasteiger partial charge >= 0.3 is 6.09 Å². The maximum absolute atomic E-state index is 12.3. The van der Waals surface area contributed by atoms with Gasteiger partial charge in [-0.15, -0.1) is 0 Å². The van der Waals surface area contributed by atoms with Gasteiger partial charge in [0.15, 0.2) is 11.5 Å². The fraction of sp³-hybridized carbons (Fsp3) is 0.316. The summed E-state index contributed by atoms with van der Waals surface area (Å²) in [6.45, 7) is 1.44. The quantitative estimate of drug-likeness (QED) is 0.863. The van der Waals surface area contributed by atoms with Crippen molar-refractivity contribution in [3.8, 4) is 11.5 Å². The lowest BCUT2D eigenvalue weighted by Gasteiger charge is -2.29. The average molecular weight is 327 g/mol. The molecule has 0 atom stereocenters. The fourth-order valence-corrected chi connectivity index (χ4v) is 2.85. The van der Waals surface area contributed by atoms with Gasteiger partial charge in [0.1, 0.15) is 6.61 Å². The molecule has 0 unspecified atom stereocenters. The average Bonchev–Trinajstić information content (AvgIpc) is 2.65. The Hall–Kier alpha value is -2.69. The normalized spacial score (nSPS) is 13.2. The van der Waals surface area contributed by atoms with Crippen LogP contribution in [0.25, 0.3) is 0 Å². The van der Waals surface area contributed by atoms with Crippen molar-refractivity contribution >= 4 is 6.09 Å². The van der Waals surface area contributed by atoms with Gasteiger partial charge in [0.25, 0.3) is 0 Å². The van der Waals surface area contributed by atoms with E-state index in [0.717, 1.165) is 23.3 Å². The van der Waals surface area contributed by atoms with Gasteiger partial charge < -0.3 is 19.1 Å². The third-order valence-corrected chi connectivity index (χ3v) is 4.18. The topological polar surface area (TPSA) is 48.0 Å². The zero-order valence-electron chi connectivity index (χ0n) is 14.0. The molecule has 0 radical (unpaired) electrons. The number of carbonyl (C=O) groups excluding carboxylic acids is 1. The Morgan fingerprint density at radius 2 is 1.71 bits per heavy atom. The fourth-order valence-electron chi connectivity index (χ4n) is 2.85. The first-order chi connectivity index (χ1) is 11.7. The van der Waals surface area contributed by atoms with Crippen molar-refractivity contribution in [3.63, 3.8) is 0 Å². The van der Waals surface area contributed by atoms with Gasteiger partial charge in [0, 0.05) is 13.1 Å². The molecule has 1 aliphatic rings. The molecule has 0 fully saturated rings. The summed E-state index contributed by atoms with van der Waals surface area (Å²) in [5.74, 6) is 1.40. The number of fused-ring (bicyclic) bond motifs is 1. The molecule has 3 rings (SSSR count). The third-order valence-electron chi connectivity index (χ3n) is 4.18. The van der Waals surface area contributed by atoms with Gasteiger partial charge in [0.05, 0.1) is 14.2 Å². The number of hydrogen-bond acceptors (Lipinski definition) is 4. The molecule has 0 aliphatic carbocycles. The number of hydrogen-bond donors (Lipinski definition) is 0. The Kier molecular flexibility index (Phi) is 4.89. The lowest BCUT2D eigenvalue weighted by molar-refractivity contribution is 0.0918. The van der Waals surface area contributed by atoms with Crippen LogP contribution in [0.1, 0.15) is 16.7 Å². The molecule has 1 aliphatic heterocycles. The maximum atomic E-state index is 12.3. The second-order valence-electron chi connectivity index (χ2n) is 5.69. The second-order valence-corrected chi connectivity index (χ2v) is 5.69. The zero-order chi connectivity index (χ0) is 16.9. The highest BCUT2D eigenvalue weighted by atomic mass is 16.6. The molecule has 0 spiro atoms. The SMILES string of the molecule is COc1cc2c(cc1OC)CN(C(=O)OCc1ccccc1)CC2. The highest BCUT2D eigenvalue weighted by Gasteiger charge is 2.23. The molecular formula is C19H21NO4. The van der Waals surface area contributed by atoms with E-state index in [2.05, 4.69) is 0 Å². The van der Waals surface area contributed by atoms with Crippen LogP contribution in [0, 0.1) is 0 Å². The van der Waals surface area contributed by atoms with E-state index in [0.29, 0.717) is 18.8 Å². The summed E-state index contributed by atoms with van der Waals surface area (Å²) in [4.78, 5) is 14.0. The lowest BCUT2D eigenvalue weighted by Crippen LogP contribution is -2.36. The van der Waals surface area contributed by atoms with Gasteiger partial charge in [-0.3, -0.25) is 0 Å². The van der Waals surface area contributed by atoms with Crippen LogP contribution in [-0.4, -0.2) is 31.8 Å². The Bertz CT molecular complexity index is 715. The molecule has 0 bridgehead atoms. The molecule has 2 aromatic carbocycles. The van der Waals surface area contributed by atoms with Crippen LogP contribution in [0.5, 0.6) is 11.5 Å². The zero-order valence-corrected chi connectivity index (χ0v) is 14.0. The first-order valence-electron chi connectivity index (χ1n) is 7.90. The molecule has 0 aromatic heterocycles. The monoisotopic (exact) mass is 327 g/mol. The molecule has 24 heavy (non-hydrogen) atoms. The Balaban J connectivity index is 1.66. The molecular weight excluding hydrogens is 306 g/mol. The number of methoxy groups -OCH3 is 2. The second kappa shape index (κ2) is 7.25. The summed E-state index contributed by atoms with van der Waals surface area (Å²) >= 11 is 0. The molecule has 0 saturated heterocycles. The number of ether oxygens (including phenoxy) is 3. The summed E-state index contributed by atoms with van der Waals surface area (Å²) in [6, 6.07) is 13.6. The number of amides is 1. The van der Waals surface area contributed by atoms with Crippen LogP contribution in [0.3, 0.4) is 0 Å². The van der Waals surface area contributed by atoms with E-state index in [1.807, 2.05) is 42.5 Å². The number of nitrogens with zero attached hydrogens (tertiary/aromatic N) is 1. The Morgan fingerprint density at radius 1 is 1.04 bits per heavy atom. The first-order valence-corrected chi connectivity index (χ1v) is 7.90. The van der Waals surface area contributed by atoms with Crippen LogP contribution in [-0.2, 0) is 24.3 Å². The van der Waals surface area contributed by atoms with Gasteiger partial charge in [-0.1, -0.05) is 30.3 Å². The minimum atomic E-state index is -0.292. The van der Waals surface area contributed by atoms with Gasteiger partial charge in [0.2, 0.25) is 0 Å². The summed E-state index contributed by atoms with van der Waals surface area (Å²) in [7, 11) is 3.24. The van der Waals surface area contributed by atoms with E-state index in [1.165, 1.54) is 5.56 Å². The predicted octanol–water partition coefficient (Wildman–Crippen LogP) is 3.40. The van der Waals surface area contributed by atoms with Crippen LogP contribution < -0.4 is 9.47 Å². The molecule has 5 nitrogen and oxygen atoms in total. The van der Waals surface area contributed by atoms with Gasteiger partial charge in [-0.25, -0.2) is 4.79 Å². The molecule has 1 heterocycles. The highest BCUT2D eigenvalue weighted by Crippen LogP contribution is 2.33. The smallest absolute Gasteiger partial charge is 0.410 e. The molecule has 2 aromatic rings. The number of benzene rings is 2. The Labute approximate surface area is 141 Å². The van der Waals surface area contributed by atoms with Crippen LogP contribution in [0.4, 0.5) is 4.79 Å². The van der Waals surface area contributed by atoms with Crippen LogP contribution in [0.2, 0.25) is 0 Å². The highest BCUT2D eigenvalue weighted by molar-refractivity contribution is 5.68. The number of rotatable bonds is 4. The third kappa shape index (κ3) is 3.45. The molecule has 126 valence electrons. The summed E-state index contributed by atoms with van der Waals surface area (Å²) < 4.78 is 16.1. The minimum Gasteiger partial charge on any atom is -0.493 e. The molecule has 0 saturated carbocycles. The van der Waals surface area contributed by atoms with Crippen LogP contribution in [0.15, 0.2) is 42.5 Å². The van der Waals surface area contributed by atoms with E-state index in [-0.39, 0.29) is 12.7 Å². The van der Waals surface area contributed by atoms with Crippen molar-refractivity contribution in [2.45, 2.75) is 19.6 Å². The van der Waals surface area contributed by atoms with Crippen molar-refractivity contribution in [3.05, 3.63) is 59.2 Å². The van der Waals surface area contributed by atoms with Crippen molar-refractivity contribution < 1.29 is 19.0 Å². The maximum Gasteiger partial charge on any atom is 0.410 e. The lowest BCUT2D eigenvalue weighted by atomic mass is 9.99. The van der Waals surface area contributed by atoms with E-state index < -0.39 is 0 Å². The summed E-state index contributed by atoms with van der Waals surface area (Å²) in [6.07, 6.45) is 0.482. The van der Waals surface area contributed by atoms with E-state index in [9.17, 15) is 4.79 Å². The molecule has 1 amide bonds. The van der Waals surface area contributed by atoms with E-state index in [1.54, 1.807) is 19.1 Å².